The van der Waals surface area contributed by atoms with Crippen LogP contribution in [0.25, 0.3) is 0 Å². The second-order valence-electron chi connectivity index (χ2n) is 10.2. The molecule has 0 aromatic carbocycles. The Kier molecular flexibility index (Phi) is 15.8. The third kappa shape index (κ3) is 12.6. The van der Waals surface area contributed by atoms with E-state index in [-0.39, 0.29) is 24.3 Å². The Balaban J connectivity index is 3.05. The van der Waals surface area contributed by atoms with Gasteiger partial charge in [-0.3, -0.25) is 14.6 Å². The van der Waals surface area contributed by atoms with E-state index in [0.717, 1.165) is 44.1 Å². The monoisotopic (exact) mass is 504 g/mol. The fraction of sp³-hybridized carbons (Fsp3) is 0.704. The molecule has 0 aliphatic rings. The summed E-state index contributed by atoms with van der Waals surface area (Å²) in [6.45, 7) is 9.83. The number of aldehydes is 1. The second kappa shape index (κ2) is 18.0. The summed E-state index contributed by atoms with van der Waals surface area (Å²) in [7, 11) is 0. The lowest BCUT2D eigenvalue weighted by Gasteiger charge is -2.33. The molecule has 9 nitrogen and oxygen atoms in total. The highest BCUT2D eigenvalue weighted by atomic mass is 16.2. The molecule has 9 heteroatoms. The Bertz CT molecular complexity index is 759. The lowest BCUT2D eigenvalue weighted by atomic mass is 9.99. The first-order valence-electron chi connectivity index (χ1n) is 13.3. The van der Waals surface area contributed by atoms with Gasteiger partial charge in [-0.25, -0.2) is 0 Å². The number of pyridine rings is 1. The van der Waals surface area contributed by atoms with E-state index < -0.39 is 18.1 Å². The third-order valence-electron chi connectivity index (χ3n) is 6.02. The number of aromatic nitrogens is 1. The first-order valence-corrected chi connectivity index (χ1v) is 13.3. The van der Waals surface area contributed by atoms with Gasteiger partial charge in [-0.1, -0.05) is 40.2 Å². The Morgan fingerprint density at radius 1 is 1.11 bits per heavy atom. The number of hydrogen-bond donors (Lipinski definition) is 4. The van der Waals surface area contributed by atoms with E-state index in [2.05, 4.69) is 29.5 Å². The van der Waals surface area contributed by atoms with Crippen LogP contribution in [0.1, 0.15) is 78.2 Å². The van der Waals surface area contributed by atoms with Gasteiger partial charge in [0.25, 0.3) is 0 Å². The molecule has 0 spiro atoms. The lowest BCUT2D eigenvalue weighted by molar-refractivity contribution is -0.141. The maximum Gasteiger partial charge on any atom is 0.246 e. The summed E-state index contributed by atoms with van der Waals surface area (Å²) in [5, 5.41) is 6.26. The van der Waals surface area contributed by atoms with Crippen LogP contribution in [0.4, 0.5) is 0 Å². The van der Waals surface area contributed by atoms with Gasteiger partial charge in [0.15, 0.2) is 0 Å². The largest absolute Gasteiger partial charge is 0.343 e. The molecule has 1 aromatic rings. The molecule has 36 heavy (non-hydrogen) atoms. The van der Waals surface area contributed by atoms with Crippen molar-refractivity contribution in [3.63, 3.8) is 0 Å². The van der Waals surface area contributed by atoms with E-state index in [4.69, 9.17) is 11.5 Å². The predicted molar refractivity (Wildman–Crippen MR) is 144 cm³/mol. The van der Waals surface area contributed by atoms with Crippen molar-refractivity contribution in [3.05, 3.63) is 30.1 Å². The first-order chi connectivity index (χ1) is 17.2. The van der Waals surface area contributed by atoms with E-state index in [0.29, 0.717) is 31.8 Å². The number of hydrogen-bond acceptors (Lipinski definition) is 7. The zero-order chi connectivity index (χ0) is 26.9. The van der Waals surface area contributed by atoms with Crippen LogP contribution in [0.15, 0.2) is 24.5 Å². The maximum atomic E-state index is 13.8. The van der Waals surface area contributed by atoms with Gasteiger partial charge in [-0.05, 0) is 69.2 Å². The molecule has 1 aromatic heterocycles. The Morgan fingerprint density at radius 3 is 2.42 bits per heavy atom. The normalized spacial score (nSPS) is 13.9. The lowest BCUT2D eigenvalue weighted by Crippen LogP contribution is -2.55. The fourth-order valence-corrected chi connectivity index (χ4v) is 4.03. The average Bonchev–Trinajstić information content (AvgIpc) is 2.84. The summed E-state index contributed by atoms with van der Waals surface area (Å²) >= 11 is 0. The van der Waals surface area contributed by atoms with Crippen molar-refractivity contribution >= 4 is 18.1 Å². The van der Waals surface area contributed by atoms with E-state index in [9.17, 15) is 14.4 Å². The quantitative estimate of drug-likeness (QED) is 0.167. The molecule has 0 saturated heterocycles. The summed E-state index contributed by atoms with van der Waals surface area (Å²) in [5.41, 5.74) is 12.5. The summed E-state index contributed by atoms with van der Waals surface area (Å²) < 4.78 is 0. The molecule has 0 bridgehead atoms. The summed E-state index contributed by atoms with van der Waals surface area (Å²) in [6.07, 6.45) is 8.96. The molecule has 6 N–H and O–H groups in total. The Labute approximate surface area is 217 Å². The Hall–Kier alpha value is -2.36. The molecular formula is C27H48N6O3. The molecule has 0 aliphatic heterocycles. The van der Waals surface area contributed by atoms with Gasteiger partial charge < -0.3 is 31.8 Å². The van der Waals surface area contributed by atoms with Gasteiger partial charge in [0, 0.05) is 25.0 Å². The standard InChI is InChI=1S/C27H48N6O3/c1-20(2)16-25(32-26(35)24(29)12-5-7-13-28)27(36)33(18-22-10-9-14-30-17-22)23(19-34)11-6-8-15-31-21(3)4/h9-10,14,17,19-21,23-25,31H,5-8,11-13,15-16,18,28-29H2,1-4H3,(H,32,35)/t23-,24-,25-/m0/s1. The number of carbonyl (C=O) groups is 3. The van der Waals surface area contributed by atoms with Crippen molar-refractivity contribution in [2.45, 2.75) is 103 Å². The van der Waals surface area contributed by atoms with Crippen LogP contribution in [-0.2, 0) is 20.9 Å². The van der Waals surface area contributed by atoms with Crippen LogP contribution in [0.3, 0.4) is 0 Å². The number of nitrogens with one attached hydrogen (secondary N) is 2. The van der Waals surface area contributed by atoms with Crippen molar-refractivity contribution in [3.8, 4) is 0 Å². The van der Waals surface area contributed by atoms with Crippen LogP contribution in [0.5, 0.6) is 0 Å². The highest BCUT2D eigenvalue weighted by Gasteiger charge is 2.32. The summed E-state index contributed by atoms with van der Waals surface area (Å²) in [5.74, 6) is -0.466. The van der Waals surface area contributed by atoms with Gasteiger partial charge in [0.2, 0.25) is 11.8 Å². The maximum absolute atomic E-state index is 13.8. The molecule has 1 rings (SSSR count). The zero-order valence-electron chi connectivity index (χ0n) is 22.6. The molecule has 2 amide bonds. The molecular weight excluding hydrogens is 456 g/mol. The van der Waals surface area contributed by atoms with E-state index >= 15 is 0 Å². The van der Waals surface area contributed by atoms with Crippen LogP contribution >= 0.6 is 0 Å². The molecule has 0 fully saturated rings. The molecule has 0 unspecified atom stereocenters. The number of nitrogens with zero attached hydrogens (tertiary/aromatic N) is 2. The molecule has 204 valence electrons. The molecule has 0 saturated carbocycles. The van der Waals surface area contributed by atoms with Gasteiger partial charge >= 0.3 is 0 Å². The van der Waals surface area contributed by atoms with E-state index in [1.165, 1.54) is 0 Å². The first kappa shape index (κ1) is 31.7. The van der Waals surface area contributed by atoms with Crippen LogP contribution < -0.4 is 22.1 Å². The predicted octanol–water partition coefficient (Wildman–Crippen LogP) is 2.13. The van der Waals surface area contributed by atoms with Crippen LogP contribution in [0, 0.1) is 5.92 Å². The average molecular weight is 505 g/mol. The van der Waals surface area contributed by atoms with Gasteiger partial charge in [-0.15, -0.1) is 0 Å². The van der Waals surface area contributed by atoms with Crippen LogP contribution in [-0.4, -0.2) is 65.2 Å². The van der Waals surface area contributed by atoms with Crippen LogP contribution in [0.2, 0.25) is 0 Å². The number of carbonyl (C=O) groups excluding carboxylic acids is 3. The summed E-state index contributed by atoms with van der Waals surface area (Å²) in [4.78, 5) is 44.6. The number of nitrogens with two attached hydrogens (primary N) is 2. The van der Waals surface area contributed by atoms with E-state index in [1.54, 1.807) is 23.4 Å². The van der Waals surface area contributed by atoms with E-state index in [1.807, 2.05) is 19.9 Å². The highest BCUT2D eigenvalue weighted by Crippen LogP contribution is 2.17. The summed E-state index contributed by atoms with van der Waals surface area (Å²) in [6, 6.07) is 2.02. The van der Waals surface area contributed by atoms with Crippen molar-refractivity contribution in [1.82, 2.24) is 20.5 Å². The minimum atomic E-state index is -0.764. The SMILES string of the molecule is CC(C)C[C@H](NC(=O)[C@@H](N)CCCCN)C(=O)N(Cc1cccnc1)[C@H](C=O)CCCCNC(C)C. The third-order valence-corrected chi connectivity index (χ3v) is 6.02. The highest BCUT2D eigenvalue weighted by molar-refractivity contribution is 5.90. The number of rotatable bonds is 19. The van der Waals surface area contributed by atoms with Crippen molar-refractivity contribution in [2.75, 3.05) is 13.1 Å². The minimum absolute atomic E-state index is 0.157. The number of unbranched alkanes of at least 4 members (excludes halogenated alkanes) is 2. The number of amides is 2. The second-order valence-corrected chi connectivity index (χ2v) is 10.2. The minimum Gasteiger partial charge on any atom is -0.343 e. The molecule has 0 radical (unpaired) electrons. The van der Waals surface area contributed by atoms with Crippen molar-refractivity contribution in [1.29, 1.82) is 0 Å². The van der Waals surface area contributed by atoms with Crippen molar-refractivity contribution in [2.24, 2.45) is 17.4 Å². The molecule has 3 atom stereocenters. The topological polar surface area (TPSA) is 143 Å². The van der Waals surface area contributed by atoms with Crippen molar-refractivity contribution < 1.29 is 14.4 Å². The van der Waals surface area contributed by atoms with Gasteiger partial charge in [0.1, 0.15) is 12.3 Å². The zero-order valence-corrected chi connectivity index (χ0v) is 22.6. The van der Waals surface area contributed by atoms with Gasteiger partial charge in [-0.2, -0.15) is 0 Å². The Morgan fingerprint density at radius 2 is 1.83 bits per heavy atom. The van der Waals surface area contributed by atoms with Gasteiger partial charge in [0.05, 0.1) is 12.1 Å². The molecule has 0 aliphatic carbocycles. The fourth-order valence-electron chi connectivity index (χ4n) is 4.03. The smallest absolute Gasteiger partial charge is 0.246 e. The molecule has 1 heterocycles.